The van der Waals surface area contributed by atoms with E-state index in [1.807, 2.05) is 0 Å². The van der Waals surface area contributed by atoms with Crippen LogP contribution in [0.2, 0.25) is 0 Å². The van der Waals surface area contributed by atoms with E-state index in [0.29, 0.717) is 32.8 Å². The molecule has 0 spiro atoms. The third kappa shape index (κ3) is 4.24. The van der Waals surface area contributed by atoms with Crippen molar-refractivity contribution >= 4 is 46.3 Å². The molecule has 4 rings (SSSR count). The quantitative estimate of drug-likeness (QED) is 0.597. The van der Waals surface area contributed by atoms with Gasteiger partial charge < -0.3 is 20.1 Å². The first-order chi connectivity index (χ1) is 13.7. The first-order valence-electron chi connectivity index (χ1n) is 8.18. The van der Waals surface area contributed by atoms with Crippen LogP contribution in [0.3, 0.4) is 0 Å². The van der Waals surface area contributed by atoms with E-state index in [2.05, 4.69) is 20.8 Å². The van der Waals surface area contributed by atoms with E-state index in [1.54, 1.807) is 48.0 Å². The summed E-state index contributed by atoms with van der Waals surface area (Å²) in [5, 5.41) is 13.2. The van der Waals surface area contributed by atoms with Crippen LogP contribution in [0.1, 0.15) is 10.4 Å². The lowest BCUT2D eigenvalue weighted by Crippen LogP contribution is -2.19. The molecule has 0 saturated carbocycles. The first-order valence-corrected chi connectivity index (χ1v) is 10.0. The van der Waals surface area contributed by atoms with Gasteiger partial charge in [0.2, 0.25) is 12.7 Å². The number of amides is 2. The molecule has 1 aliphatic heterocycles. The number of carbonyl (C=O) groups excluding carboxylic acids is 2. The van der Waals surface area contributed by atoms with Gasteiger partial charge in [-0.15, -0.1) is 10.2 Å². The van der Waals surface area contributed by atoms with Crippen LogP contribution in [0.25, 0.3) is 0 Å². The molecular weight excluding hydrogens is 400 g/mol. The Morgan fingerprint density at radius 2 is 1.96 bits per heavy atom. The highest BCUT2D eigenvalue weighted by atomic mass is 32.2. The normalized spacial score (nSPS) is 11.9. The van der Waals surface area contributed by atoms with Crippen LogP contribution < -0.4 is 20.1 Å². The van der Waals surface area contributed by atoms with Gasteiger partial charge >= 0.3 is 0 Å². The number of carbonyl (C=O) groups is 2. The zero-order valence-electron chi connectivity index (χ0n) is 14.4. The standard InChI is InChI=1S/C18H14N4O4S2/c23-16(8-27-18-22-19-9-28-18)21-13-4-2-1-3-12(13)17(24)20-11-5-6-14-15(7-11)26-10-25-14/h1-7,9H,8,10H2,(H,20,24)(H,21,23). The molecule has 0 atom stereocenters. The van der Waals surface area contributed by atoms with E-state index in [0.717, 1.165) is 0 Å². The van der Waals surface area contributed by atoms with Crippen LogP contribution in [-0.4, -0.2) is 34.6 Å². The minimum atomic E-state index is -0.341. The molecular formula is C18H14N4O4S2. The summed E-state index contributed by atoms with van der Waals surface area (Å²) in [5.74, 6) is 0.814. The Kier molecular flexibility index (Phi) is 5.40. The zero-order chi connectivity index (χ0) is 19.3. The molecule has 1 aliphatic rings. The summed E-state index contributed by atoms with van der Waals surface area (Å²) >= 11 is 2.66. The minimum Gasteiger partial charge on any atom is -0.454 e. The number of nitrogens with one attached hydrogen (secondary N) is 2. The number of hydrogen-bond donors (Lipinski definition) is 2. The predicted molar refractivity (Wildman–Crippen MR) is 106 cm³/mol. The lowest BCUT2D eigenvalue weighted by molar-refractivity contribution is -0.113. The van der Waals surface area contributed by atoms with E-state index >= 15 is 0 Å². The highest BCUT2D eigenvalue weighted by molar-refractivity contribution is 8.01. The number of anilines is 2. The van der Waals surface area contributed by atoms with Gasteiger partial charge in [-0.1, -0.05) is 35.2 Å². The van der Waals surface area contributed by atoms with Crippen LogP contribution in [-0.2, 0) is 4.79 Å². The van der Waals surface area contributed by atoms with Crippen LogP contribution in [0, 0.1) is 0 Å². The number of rotatable bonds is 6. The Labute approximate surface area is 168 Å². The van der Waals surface area contributed by atoms with Crippen molar-refractivity contribution < 1.29 is 19.1 Å². The lowest BCUT2D eigenvalue weighted by atomic mass is 10.1. The fraction of sp³-hybridized carbons (Fsp3) is 0.111. The van der Waals surface area contributed by atoms with Crippen molar-refractivity contribution in [1.29, 1.82) is 0 Å². The number of para-hydroxylation sites is 1. The number of benzene rings is 2. The lowest BCUT2D eigenvalue weighted by Gasteiger charge is -2.11. The summed E-state index contributed by atoms with van der Waals surface area (Å²) < 4.78 is 11.3. The number of thioether (sulfide) groups is 1. The molecule has 0 bridgehead atoms. The largest absolute Gasteiger partial charge is 0.454 e. The molecule has 10 heteroatoms. The van der Waals surface area contributed by atoms with Crippen molar-refractivity contribution in [1.82, 2.24) is 10.2 Å². The average Bonchev–Trinajstić information content (AvgIpc) is 3.38. The maximum atomic E-state index is 12.7. The molecule has 3 aromatic rings. The fourth-order valence-corrected chi connectivity index (χ4v) is 3.79. The van der Waals surface area contributed by atoms with Gasteiger partial charge in [0.15, 0.2) is 15.8 Å². The van der Waals surface area contributed by atoms with Crippen LogP contribution in [0.5, 0.6) is 11.5 Å². The molecule has 2 N–H and O–H groups in total. The van der Waals surface area contributed by atoms with Gasteiger partial charge in [-0.2, -0.15) is 0 Å². The van der Waals surface area contributed by atoms with Crippen LogP contribution >= 0.6 is 23.1 Å². The van der Waals surface area contributed by atoms with Crippen molar-refractivity contribution in [3.63, 3.8) is 0 Å². The number of aromatic nitrogens is 2. The molecule has 2 aromatic carbocycles. The van der Waals surface area contributed by atoms with Crippen molar-refractivity contribution in [2.24, 2.45) is 0 Å². The maximum absolute atomic E-state index is 12.7. The first kappa shape index (κ1) is 18.3. The van der Waals surface area contributed by atoms with Crippen LogP contribution in [0.4, 0.5) is 11.4 Å². The Hall–Kier alpha value is -3.11. The van der Waals surface area contributed by atoms with Gasteiger partial charge in [-0.3, -0.25) is 9.59 Å². The molecule has 8 nitrogen and oxygen atoms in total. The molecule has 28 heavy (non-hydrogen) atoms. The summed E-state index contributed by atoms with van der Waals surface area (Å²) in [5.41, 5.74) is 2.97. The topological polar surface area (TPSA) is 102 Å². The zero-order valence-corrected chi connectivity index (χ0v) is 16.0. The second-order valence-electron chi connectivity index (χ2n) is 5.61. The third-order valence-electron chi connectivity index (χ3n) is 3.74. The number of fused-ring (bicyclic) bond motifs is 1. The molecule has 0 aliphatic carbocycles. The maximum Gasteiger partial charge on any atom is 0.257 e. The average molecular weight is 414 g/mol. The van der Waals surface area contributed by atoms with Crippen molar-refractivity contribution in [3.05, 3.63) is 53.5 Å². The highest BCUT2D eigenvalue weighted by Gasteiger charge is 2.17. The van der Waals surface area contributed by atoms with E-state index < -0.39 is 0 Å². The van der Waals surface area contributed by atoms with E-state index in [1.165, 1.54) is 23.1 Å². The molecule has 0 saturated heterocycles. The van der Waals surface area contributed by atoms with Gasteiger partial charge in [0.05, 0.1) is 17.0 Å². The third-order valence-corrected chi connectivity index (χ3v) is 5.60. The molecule has 0 fully saturated rings. The Morgan fingerprint density at radius 3 is 2.82 bits per heavy atom. The molecule has 1 aromatic heterocycles. The Balaban J connectivity index is 1.43. The van der Waals surface area contributed by atoms with E-state index in [-0.39, 0.29) is 24.4 Å². The SMILES string of the molecule is O=C(CSc1nncs1)Nc1ccccc1C(=O)Nc1ccc2c(c1)OCO2. The van der Waals surface area contributed by atoms with Crippen molar-refractivity contribution in [2.75, 3.05) is 23.2 Å². The van der Waals surface area contributed by atoms with Crippen molar-refractivity contribution in [2.45, 2.75) is 4.34 Å². The second-order valence-corrected chi connectivity index (χ2v) is 7.66. The minimum absolute atomic E-state index is 0.163. The smallest absolute Gasteiger partial charge is 0.257 e. The van der Waals surface area contributed by atoms with Crippen LogP contribution in [0.15, 0.2) is 52.3 Å². The Bertz CT molecular complexity index is 1010. The van der Waals surface area contributed by atoms with Gasteiger partial charge in [-0.05, 0) is 24.3 Å². The number of nitrogens with zero attached hydrogens (tertiary/aromatic N) is 2. The molecule has 0 radical (unpaired) electrons. The van der Waals surface area contributed by atoms with Gasteiger partial charge in [0, 0.05) is 11.8 Å². The van der Waals surface area contributed by atoms with E-state index in [4.69, 9.17) is 9.47 Å². The monoisotopic (exact) mass is 414 g/mol. The summed E-state index contributed by atoms with van der Waals surface area (Å²) in [4.78, 5) is 24.9. The van der Waals surface area contributed by atoms with E-state index in [9.17, 15) is 9.59 Å². The second kappa shape index (κ2) is 8.28. The fourth-order valence-electron chi connectivity index (χ4n) is 2.50. The summed E-state index contributed by atoms with van der Waals surface area (Å²) in [6.45, 7) is 0.163. The molecule has 2 heterocycles. The number of ether oxygens (including phenoxy) is 2. The van der Waals surface area contributed by atoms with Gasteiger partial charge in [0.25, 0.3) is 5.91 Å². The molecule has 0 unspecified atom stereocenters. The predicted octanol–water partition coefficient (Wildman–Crippen LogP) is 3.25. The summed E-state index contributed by atoms with van der Waals surface area (Å²) in [6.07, 6.45) is 0. The summed E-state index contributed by atoms with van der Waals surface area (Å²) in [6, 6.07) is 12.0. The van der Waals surface area contributed by atoms with Gasteiger partial charge in [0.1, 0.15) is 5.51 Å². The highest BCUT2D eigenvalue weighted by Crippen LogP contribution is 2.34. The molecule has 142 valence electrons. The summed E-state index contributed by atoms with van der Waals surface area (Å²) in [7, 11) is 0. The van der Waals surface area contributed by atoms with Crippen molar-refractivity contribution in [3.8, 4) is 11.5 Å². The number of hydrogen-bond acceptors (Lipinski definition) is 8. The van der Waals surface area contributed by atoms with Gasteiger partial charge in [-0.25, -0.2) is 0 Å². The molecule has 2 amide bonds. The Morgan fingerprint density at radius 1 is 1.11 bits per heavy atom.